The van der Waals surface area contributed by atoms with Gasteiger partial charge in [-0.3, -0.25) is 19.3 Å². The van der Waals surface area contributed by atoms with Crippen molar-refractivity contribution in [3.63, 3.8) is 0 Å². The predicted molar refractivity (Wildman–Crippen MR) is 119 cm³/mol. The van der Waals surface area contributed by atoms with E-state index in [1.54, 1.807) is 11.8 Å². The second kappa shape index (κ2) is 6.81. The van der Waals surface area contributed by atoms with E-state index in [0.29, 0.717) is 0 Å². The van der Waals surface area contributed by atoms with Crippen molar-refractivity contribution in [1.82, 2.24) is 9.88 Å². The number of hydrogen-bond donors (Lipinski definition) is 2. The molecule has 2 aliphatic carbocycles. The summed E-state index contributed by atoms with van der Waals surface area (Å²) in [6.45, 7) is 3.44. The number of carboxylic acid groups (broad SMARTS) is 1. The van der Waals surface area contributed by atoms with E-state index in [4.69, 9.17) is 0 Å². The minimum absolute atomic E-state index is 0.00148. The largest absolute Gasteiger partial charge is 0.480 e. The molecule has 3 fully saturated rings. The number of carboxylic acids is 1. The van der Waals surface area contributed by atoms with Crippen LogP contribution >= 0.6 is 23.1 Å². The molecule has 2 saturated carbocycles. The summed E-state index contributed by atoms with van der Waals surface area (Å²) in [5.74, 6) is -2.61. The summed E-state index contributed by atoms with van der Waals surface area (Å²) < 4.78 is 0. The van der Waals surface area contributed by atoms with Gasteiger partial charge < -0.3 is 10.1 Å². The highest BCUT2D eigenvalue weighted by molar-refractivity contribution is 8.00. The number of nitrogens with one attached hydrogen (secondary N) is 1. The van der Waals surface area contributed by atoms with E-state index in [1.165, 1.54) is 18.3 Å². The molecule has 0 unspecified atom stereocenters. The van der Waals surface area contributed by atoms with Crippen LogP contribution in [0.25, 0.3) is 0 Å². The second-order valence-corrected chi connectivity index (χ2v) is 11.6. The van der Waals surface area contributed by atoms with Gasteiger partial charge in [0.05, 0.1) is 16.9 Å². The monoisotopic (exact) mass is 470 g/mol. The Morgan fingerprint density at radius 2 is 1.78 bits per heavy atom. The number of carbonyl (C=O) groups is 3. The zero-order chi connectivity index (χ0) is 22.5. The first kappa shape index (κ1) is 20.2. The highest BCUT2D eigenvalue weighted by atomic mass is 32.2. The fourth-order valence-corrected chi connectivity index (χ4v) is 9.57. The smallest absolute Gasteiger partial charge is 0.326 e. The third-order valence-electron chi connectivity index (χ3n) is 7.94. The van der Waals surface area contributed by atoms with Crippen molar-refractivity contribution in [3.05, 3.63) is 49.9 Å². The lowest BCUT2D eigenvalue weighted by Crippen LogP contribution is -2.44. The molecule has 2 bridgehead atoms. The van der Waals surface area contributed by atoms with Gasteiger partial charge in [0.25, 0.3) is 0 Å². The number of amides is 2. The molecule has 2 aromatic rings. The maximum atomic E-state index is 13.3. The Bertz CT molecular complexity index is 1220. The van der Waals surface area contributed by atoms with Crippen molar-refractivity contribution in [2.24, 2.45) is 29.6 Å². The number of nitrogens with zero attached hydrogens (tertiary/aromatic N) is 1. The topological polar surface area (TPSA) is 108 Å². The molecule has 1 aromatic carbocycles. The number of aliphatic carboxylic acids is 1. The van der Waals surface area contributed by atoms with Crippen molar-refractivity contribution in [2.45, 2.75) is 42.5 Å². The Kier molecular flexibility index (Phi) is 4.30. The lowest BCUT2D eigenvalue weighted by molar-refractivity contribution is -0.154. The molecule has 2 amide bonds. The Balaban J connectivity index is 1.45. The number of aromatic nitrogens is 1. The number of thioether (sulfide) groups is 1. The molecule has 6 rings (SSSR count). The van der Waals surface area contributed by atoms with E-state index in [9.17, 15) is 24.3 Å². The molecule has 1 aromatic heterocycles. The molecule has 1 saturated heterocycles. The average molecular weight is 471 g/mol. The van der Waals surface area contributed by atoms with Crippen LogP contribution in [0.5, 0.6) is 0 Å². The van der Waals surface area contributed by atoms with E-state index >= 15 is 0 Å². The van der Waals surface area contributed by atoms with Crippen LogP contribution in [0, 0.1) is 36.5 Å². The van der Waals surface area contributed by atoms with Gasteiger partial charge >= 0.3 is 10.8 Å². The number of H-pyrrole nitrogens is 1. The molecule has 9 heteroatoms. The molecule has 2 N–H and O–H groups in total. The van der Waals surface area contributed by atoms with Crippen molar-refractivity contribution in [1.29, 1.82) is 0 Å². The summed E-state index contributed by atoms with van der Waals surface area (Å²) >= 11 is 2.88. The van der Waals surface area contributed by atoms with Crippen LogP contribution in [0.2, 0.25) is 0 Å². The number of likely N-dealkylation sites (tertiary alicyclic amines) is 1. The quantitative estimate of drug-likeness (QED) is 0.668. The SMILES string of the molecule is Cc1ccc([C@H]2c3sc(=O)[nH]c3S[C@H]3[C@@H]4C[C@H]([C@H]5C(=O)N([C@@H](C)C(=O)O)C(=O)[C@H]45)[C@H]23)cc1. The summed E-state index contributed by atoms with van der Waals surface area (Å²) in [7, 11) is 0. The summed E-state index contributed by atoms with van der Waals surface area (Å²) in [6, 6.07) is 7.19. The van der Waals surface area contributed by atoms with Crippen molar-refractivity contribution in [3.8, 4) is 0 Å². The van der Waals surface area contributed by atoms with Crippen LogP contribution < -0.4 is 4.87 Å². The van der Waals surface area contributed by atoms with E-state index in [2.05, 4.69) is 29.2 Å². The third-order valence-corrected chi connectivity index (χ3v) is 10.5. The maximum Gasteiger partial charge on any atom is 0.326 e. The van der Waals surface area contributed by atoms with E-state index in [0.717, 1.165) is 32.4 Å². The van der Waals surface area contributed by atoms with Crippen molar-refractivity contribution >= 4 is 40.9 Å². The summed E-state index contributed by atoms with van der Waals surface area (Å²) in [4.78, 5) is 55.3. The van der Waals surface area contributed by atoms with Crippen LogP contribution in [-0.4, -0.2) is 44.1 Å². The number of aryl methyl sites for hydroxylation is 1. The molecule has 3 heterocycles. The normalized spacial score (nSPS) is 35.6. The van der Waals surface area contributed by atoms with Crippen molar-refractivity contribution in [2.75, 3.05) is 0 Å². The fourth-order valence-electron chi connectivity index (χ4n) is 6.68. The van der Waals surface area contributed by atoms with Crippen LogP contribution in [0.4, 0.5) is 0 Å². The molecular weight excluding hydrogens is 448 g/mol. The summed E-state index contributed by atoms with van der Waals surface area (Å²) in [6.07, 6.45) is 0.798. The number of fused-ring (bicyclic) bond motifs is 9. The fraction of sp³-hybridized carbons (Fsp3) is 0.478. The molecule has 7 nitrogen and oxygen atoms in total. The molecule has 32 heavy (non-hydrogen) atoms. The Labute approximate surface area is 192 Å². The van der Waals surface area contributed by atoms with Gasteiger partial charge in [-0.05, 0) is 43.6 Å². The zero-order valence-electron chi connectivity index (χ0n) is 17.5. The molecule has 0 spiro atoms. The number of benzene rings is 1. The van der Waals surface area contributed by atoms with Crippen LogP contribution in [0.1, 0.15) is 35.3 Å². The number of carbonyl (C=O) groups excluding carboxylic acids is 2. The summed E-state index contributed by atoms with van der Waals surface area (Å²) in [5, 5.41) is 10.4. The lowest BCUT2D eigenvalue weighted by atomic mass is 9.68. The highest BCUT2D eigenvalue weighted by Gasteiger charge is 2.70. The number of hydrogen-bond acceptors (Lipinski definition) is 6. The summed E-state index contributed by atoms with van der Waals surface area (Å²) in [5.41, 5.74) is 2.28. The number of thiazole rings is 1. The van der Waals surface area contributed by atoms with E-state index in [-0.39, 0.29) is 45.6 Å². The van der Waals surface area contributed by atoms with Gasteiger partial charge in [0, 0.05) is 16.0 Å². The molecule has 8 atom stereocenters. The molecule has 4 aliphatic rings. The molecule has 2 aliphatic heterocycles. The Hall–Kier alpha value is -2.39. The molecule has 0 radical (unpaired) electrons. The van der Waals surface area contributed by atoms with Crippen LogP contribution in [0.15, 0.2) is 34.1 Å². The third kappa shape index (κ3) is 2.55. The standard InChI is InChI=1S/C23H22N2O5S2/c1-8-3-5-10(6-4-8)13-14-11-7-12(17(14)31-19-18(13)32-23(30)24-19)16-15(11)20(26)25(21(16)27)9(2)22(28)29/h3-6,9,11-17H,7H2,1-2H3,(H,24,30)(H,28,29)/t9-,11-,12+,13+,14+,15+,16+,17-/m0/s1. The second-order valence-electron chi connectivity index (χ2n) is 9.43. The van der Waals surface area contributed by atoms with Gasteiger partial charge in [0.15, 0.2) is 0 Å². The van der Waals surface area contributed by atoms with Crippen molar-refractivity contribution < 1.29 is 19.5 Å². The van der Waals surface area contributed by atoms with E-state index < -0.39 is 23.8 Å². The van der Waals surface area contributed by atoms with Gasteiger partial charge in [-0.1, -0.05) is 41.2 Å². The first-order valence-electron chi connectivity index (χ1n) is 10.8. The molecular formula is C23H22N2O5S2. The predicted octanol–water partition coefficient (Wildman–Crippen LogP) is 2.69. The number of rotatable bonds is 3. The minimum Gasteiger partial charge on any atom is -0.480 e. The number of aromatic amines is 1. The van der Waals surface area contributed by atoms with Crippen LogP contribution in [-0.2, 0) is 14.4 Å². The van der Waals surface area contributed by atoms with E-state index in [1.807, 2.05) is 6.92 Å². The first-order chi connectivity index (χ1) is 15.3. The highest BCUT2D eigenvalue weighted by Crippen LogP contribution is 2.68. The van der Waals surface area contributed by atoms with Gasteiger partial charge in [-0.2, -0.15) is 0 Å². The van der Waals surface area contributed by atoms with Gasteiger partial charge in [0.2, 0.25) is 11.8 Å². The Morgan fingerprint density at radius 1 is 1.12 bits per heavy atom. The lowest BCUT2D eigenvalue weighted by Gasteiger charge is -2.43. The number of imide groups is 1. The van der Waals surface area contributed by atoms with Crippen LogP contribution in [0.3, 0.4) is 0 Å². The molecule has 166 valence electrons. The zero-order valence-corrected chi connectivity index (χ0v) is 19.1. The van der Waals surface area contributed by atoms with Gasteiger partial charge in [0.1, 0.15) is 6.04 Å². The maximum absolute atomic E-state index is 13.3. The Morgan fingerprint density at radius 3 is 2.44 bits per heavy atom. The van der Waals surface area contributed by atoms with Gasteiger partial charge in [-0.15, -0.1) is 11.8 Å². The first-order valence-corrected chi connectivity index (χ1v) is 12.5. The average Bonchev–Trinajstić information content (AvgIpc) is 3.47. The minimum atomic E-state index is -1.16. The van der Waals surface area contributed by atoms with Gasteiger partial charge in [-0.25, -0.2) is 4.79 Å².